The highest BCUT2D eigenvalue weighted by Gasteiger charge is 2.25. The number of pyridine rings is 2. The lowest BCUT2D eigenvalue weighted by Gasteiger charge is -2.19. The van der Waals surface area contributed by atoms with Gasteiger partial charge in [0.15, 0.2) is 0 Å². The van der Waals surface area contributed by atoms with Crippen molar-refractivity contribution in [3.8, 4) is 11.6 Å². The zero-order valence-corrected chi connectivity index (χ0v) is 38.9. The quantitative estimate of drug-likeness (QED) is 0.174. The molecule has 0 amide bonds. The second kappa shape index (κ2) is 12.8. The number of rotatable bonds is 2. The van der Waals surface area contributed by atoms with Crippen LogP contribution in [0.15, 0.2) is 112 Å². The largest absolute Gasteiger partial charge is 0.437 e. The predicted octanol–water partition coefficient (Wildman–Crippen LogP) is 16.0. The van der Waals surface area contributed by atoms with Crippen molar-refractivity contribution in [1.29, 1.82) is 0 Å². The van der Waals surface area contributed by atoms with E-state index < -0.39 is 0 Å². The van der Waals surface area contributed by atoms with E-state index in [9.17, 15) is 0 Å². The zero-order valence-electron chi connectivity index (χ0n) is 38.9. The van der Waals surface area contributed by atoms with Crippen LogP contribution in [0.4, 0.5) is 0 Å². The Morgan fingerprint density at radius 2 is 0.651 bits per heavy atom. The summed E-state index contributed by atoms with van der Waals surface area (Å²) in [5.41, 5.74) is 13.6. The number of benzene rings is 5. The summed E-state index contributed by atoms with van der Waals surface area (Å²) in [7, 11) is 0. The molecule has 0 spiro atoms. The minimum absolute atomic E-state index is 0.0241. The molecular weight excluding hydrogens is 773 g/mol. The number of furan rings is 2. The van der Waals surface area contributed by atoms with E-state index in [1.54, 1.807) is 0 Å². The molecule has 6 heteroatoms. The Hall–Kier alpha value is -6.40. The predicted molar refractivity (Wildman–Crippen MR) is 265 cm³/mol. The van der Waals surface area contributed by atoms with E-state index in [1.165, 1.54) is 43.8 Å². The van der Waals surface area contributed by atoms with Gasteiger partial charge in [0, 0.05) is 48.7 Å². The average molecular weight is 829 g/mol. The highest BCUT2D eigenvalue weighted by atomic mass is 16.4. The van der Waals surface area contributed by atoms with Gasteiger partial charge in [-0.2, -0.15) is 9.97 Å². The van der Waals surface area contributed by atoms with Gasteiger partial charge in [-0.1, -0.05) is 107 Å². The molecule has 0 saturated heterocycles. The maximum absolute atomic E-state index is 6.71. The Bertz CT molecular complexity index is 3340. The highest BCUT2D eigenvalue weighted by molar-refractivity contribution is 6.17. The molecule has 0 aliphatic rings. The molecule has 6 heterocycles. The van der Waals surface area contributed by atoms with E-state index in [0.29, 0.717) is 11.4 Å². The summed E-state index contributed by atoms with van der Waals surface area (Å²) in [5, 5.41) is 8.90. The molecule has 0 N–H and O–H groups in total. The summed E-state index contributed by atoms with van der Waals surface area (Å²) in [5.74, 6) is 1.65. The number of fused-ring (bicyclic) bond motifs is 12. The van der Waals surface area contributed by atoms with Gasteiger partial charge in [-0.05, 0) is 130 Å². The summed E-state index contributed by atoms with van der Waals surface area (Å²) in [4.78, 5) is 10.5. The first-order chi connectivity index (χ1) is 29.6. The SMILES string of the molecule is Cc1c2oc3nc(-n4c5ccc(C(C)(C)C)cc5c5cc(C(C)(C)C)ccc54)ccc3c2cc2c1oc1nc(-n3c4ccc(C(C)(C)C)cc4c4cc(C(C)(C)C)ccc43)ccc12. The van der Waals surface area contributed by atoms with E-state index in [0.717, 1.165) is 72.0 Å². The first-order valence-electron chi connectivity index (χ1n) is 22.4. The first-order valence-corrected chi connectivity index (χ1v) is 22.4. The van der Waals surface area contributed by atoms with Crippen molar-refractivity contribution in [3.05, 3.63) is 131 Å². The molecule has 5 aromatic carbocycles. The summed E-state index contributed by atoms with van der Waals surface area (Å²) < 4.78 is 18.0. The van der Waals surface area contributed by atoms with Crippen LogP contribution >= 0.6 is 0 Å². The van der Waals surface area contributed by atoms with Crippen LogP contribution in [0.1, 0.15) is 111 Å². The van der Waals surface area contributed by atoms with Crippen LogP contribution in [0.5, 0.6) is 0 Å². The van der Waals surface area contributed by atoms with E-state index in [-0.39, 0.29) is 21.7 Å². The minimum Gasteiger partial charge on any atom is -0.437 e. The number of hydrogen-bond acceptors (Lipinski definition) is 4. The Morgan fingerprint density at radius 3 is 0.937 bits per heavy atom. The standard InChI is InChI=1S/C57H56N4O2/c1-31-50-42(36-18-24-48(58-52(36)62-50)60-44-20-14-32(54(2,3)4)26-38(44)39-27-33(55(5,6)7)15-21-45(39)60)30-43-37-19-25-49(59-53(37)63-51(31)43)61-46-22-16-34(56(8,9)10)28-40(46)41-29-35(57(11,12)13)17-23-47(41)61/h14-30H,1-13H3. The highest BCUT2D eigenvalue weighted by Crippen LogP contribution is 2.43. The molecule has 0 radical (unpaired) electrons. The van der Waals surface area contributed by atoms with Crippen molar-refractivity contribution < 1.29 is 8.83 Å². The van der Waals surface area contributed by atoms with Crippen LogP contribution in [0.3, 0.4) is 0 Å². The molecule has 0 bridgehead atoms. The Labute approximate surface area is 368 Å². The van der Waals surface area contributed by atoms with Gasteiger partial charge < -0.3 is 8.83 Å². The summed E-state index contributed by atoms with van der Waals surface area (Å²) in [6.45, 7) is 29.4. The number of aryl methyl sites for hydroxylation is 1. The van der Waals surface area contributed by atoms with Gasteiger partial charge in [-0.15, -0.1) is 0 Å². The van der Waals surface area contributed by atoms with Gasteiger partial charge in [-0.25, -0.2) is 0 Å². The van der Waals surface area contributed by atoms with Crippen LogP contribution in [-0.2, 0) is 21.7 Å². The summed E-state index contributed by atoms with van der Waals surface area (Å²) in [6, 6.07) is 38.3. The molecule has 6 aromatic heterocycles. The minimum atomic E-state index is 0.0241. The number of nitrogens with zero attached hydrogens (tertiary/aromatic N) is 4. The number of hydrogen-bond donors (Lipinski definition) is 0. The molecule has 316 valence electrons. The van der Waals surface area contributed by atoms with Gasteiger partial charge in [0.25, 0.3) is 0 Å². The summed E-state index contributed by atoms with van der Waals surface area (Å²) in [6.07, 6.45) is 0. The molecule has 63 heavy (non-hydrogen) atoms. The van der Waals surface area contributed by atoms with Crippen molar-refractivity contribution in [3.63, 3.8) is 0 Å². The second-order valence-corrected chi connectivity index (χ2v) is 22.1. The van der Waals surface area contributed by atoms with E-state index in [2.05, 4.69) is 202 Å². The van der Waals surface area contributed by atoms with Crippen LogP contribution in [0, 0.1) is 6.92 Å². The topological polar surface area (TPSA) is 61.9 Å². The fourth-order valence-electron chi connectivity index (χ4n) is 9.72. The normalized spacial score (nSPS) is 13.5. The van der Waals surface area contributed by atoms with Crippen molar-refractivity contribution in [2.45, 2.75) is 112 Å². The van der Waals surface area contributed by atoms with Crippen molar-refractivity contribution in [1.82, 2.24) is 19.1 Å². The van der Waals surface area contributed by atoms with Crippen LogP contribution in [0.2, 0.25) is 0 Å². The second-order valence-electron chi connectivity index (χ2n) is 22.1. The van der Waals surface area contributed by atoms with Crippen molar-refractivity contribution >= 4 is 87.7 Å². The Balaban J connectivity index is 1.06. The van der Waals surface area contributed by atoms with Gasteiger partial charge in [0.05, 0.1) is 22.1 Å². The van der Waals surface area contributed by atoms with Crippen LogP contribution in [0.25, 0.3) is 99.4 Å². The van der Waals surface area contributed by atoms with Crippen molar-refractivity contribution in [2.75, 3.05) is 0 Å². The monoisotopic (exact) mass is 828 g/mol. The molecular formula is C57H56N4O2. The van der Waals surface area contributed by atoms with E-state index in [4.69, 9.17) is 18.8 Å². The fourth-order valence-corrected chi connectivity index (χ4v) is 9.72. The smallest absolute Gasteiger partial charge is 0.229 e. The van der Waals surface area contributed by atoms with Gasteiger partial charge in [0.2, 0.25) is 11.4 Å². The lowest BCUT2D eigenvalue weighted by Crippen LogP contribution is -2.10. The van der Waals surface area contributed by atoms with Crippen LogP contribution < -0.4 is 0 Å². The molecule has 6 nitrogen and oxygen atoms in total. The Morgan fingerprint density at radius 1 is 0.349 bits per heavy atom. The Kier molecular flexibility index (Phi) is 8.04. The molecule has 0 saturated carbocycles. The molecule has 0 aliphatic heterocycles. The third kappa shape index (κ3) is 5.97. The molecule has 11 aromatic rings. The average Bonchev–Trinajstić information content (AvgIpc) is 3.96. The first kappa shape index (κ1) is 39.4. The molecule has 0 atom stereocenters. The summed E-state index contributed by atoms with van der Waals surface area (Å²) >= 11 is 0. The lowest BCUT2D eigenvalue weighted by molar-refractivity contribution is 0.590. The van der Waals surface area contributed by atoms with Gasteiger partial charge >= 0.3 is 0 Å². The maximum atomic E-state index is 6.71. The fraction of sp³-hybridized carbons (Fsp3) is 0.298. The van der Waals surface area contributed by atoms with E-state index >= 15 is 0 Å². The van der Waals surface area contributed by atoms with Crippen LogP contribution in [-0.4, -0.2) is 19.1 Å². The lowest BCUT2D eigenvalue weighted by atomic mass is 9.85. The number of aromatic nitrogens is 4. The van der Waals surface area contributed by atoms with Gasteiger partial charge in [0.1, 0.15) is 22.8 Å². The third-order valence-corrected chi connectivity index (χ3v) is 13.6. The molecule has 0 fully saturated rings. The van der Waals surface area contributed by atoms with Gasteiger partial charge in [-0.3, -0.25) is 9.13 Å². The van der Waals surface area contributed by atoms with E-state index in [1.807, 2.05) is 0 Å². The molecule has 0 unspecified atom stereocenters. The molecule has 0 aliphatic carbocycles. The molecule has 11 rings (SSSR count). The zero-order chi connectivity index (χ0) is 44.3. The van der Waals surface area contributed by atoms with Crippen molar-refractivity contribution in [2.24, 2.45) is 0 Å². The maximum Gasteiger partial charge on any atom is 0.229 e. The third-order valence-electron chi connectivity index (χ3n) is 13.6.